The third-order valence-electron chi connectivity index (χ3n) is 2.90. The van der Waals surface area contributed by atoms with Crippen LogP contribution >= 0.6 is 22.6 Å². The van der Waals surface area contributed by atoms with E-state index in [-0.39, 0.29) is 11.5 Å². The molecule has 1 aliphatic heterocycles. The van der Waals surface area contributed by atoms with Crippen molar-refractivity contribution in [2.24, 2.45) is 5.41 Å². The Kier molecular flexibility index (Phi) is 4.83. The predicted molar refractivity (Wildman–Crippen MR) is 76.8 cm³/mol. The summed E-state index contributed by atoms with van der Waals surface area (Å²) in [5.41, 5.74) is 1.38. The van der Waals surface area contributed by atoms with Crippen LogP contribution in [0.5, 0.6) is 0 Å². The Labute approximate surface area is 113 Å². The summed E-state index contributed by atoms with van der Waals surface area (Å²) in [6, 6.07) is 0.103. The maximum atomic E-state index is 11.8. The summed E-state index contributed by atoms with van der Waals surface area (Å²) >= 11 is 2.16. The minimum Gasteiger partial charge on any atom is -0.365 e. The molecule has 0 spiro atoms. The quantitative estimate of drug-likeness (QED) is 0.580. The molecule has 0 aromatic rings. The number of nitrogens with zero attached hydrogens (tertiary/aromatic N) is 1. The van der Waals surface area contributed by atoms with Crippen molar-refractivity contribution in [1.82, 2.24) is 4.90 Å². The van der Waals surface area contributed by atoms with E-state index < -0.39 is 0 Å². The van der Waals surface area contributed by atoms with Gasteiger partial charge in [0.2, 0.25) is 0 Å². The van der Waals surface area contributed by atoms with Crippen LogP contribution in [0.1, 0.15) is 40.0 Å². The summed E-state index contributed by atoms with van der Waals surface area (Å²) in [4.78, 5) is 14.0. The van der Waals surface area contributed by atoms with E-state index in [1.54, 1.807) is 0 Å². The summed E-state index contributed by atoms with van der Waals surface area (Å²) in [7, 11) is 0. The number of allylic oxidation sites excluding steroid dienone is 1. The van der Waals surface area contributed by atoms with Crippen molar-refractivity contribution in [1.29, 1.82) is 0 Å². The van der Waals surface area contributed by atoms with Crippen molar-refractivity contribution in [3.05, 3.63) is 12.3 Å². The largest absolute Gasteiger partial charge is 0.365 e. The van der Waals surface area contributed by atoms with E-state index in [2.05, 4.69) is 54.8 Å². The zero-order valence-electron chi connectivity index (χ0n) is 10.6. The maximum Gasteiger partial charge on any atom is 0.164 e. The topological polar surface area (TPSA) is 20.3 Å². The van der Waals surface area contributed by atoms with Gasteiger partial charge in [-0.2, -0.15) is 0 Å². The summed E-state index contributed by atoms with van der Waals surface area (Å²) in [5.74, 6) is 0.355. The van der Waals surface area contributed by atoms with Gasteiger partial charge in [0.25, 0.3) is 0 Å². The maximum absolute atomic E-state index is 11.8. The van der Waals surface area contributed by atoms with Crippen LogP contribution in [-0.2, 0) is 4.79 Å². The van der Waals surface area contributed by atoms with Crippen molar-refractivity contribution in [3.8, 4) is 0 Å². The molecule has 0 amide bonds. The van der Waals surface area contributed by atoms with Gasteiger partial charge < -0.3 is 4.90 Å². The molecular formula is C13H22INO. The van der Waals surface area contributed by atoms with Gasteiger partial charge >= 0.3 is 0 Å². The molecule has 1 saturated heterocycles. The second-order valence-electron chi connectivity index (χ2n) is 5.76. The normalized spacial score (nSPS) is 21.2. The molecule has 1 heterocycles. The molecule has 0 bridgehead atoms. The van der Waals surface area contributed by atoms with Gasteiger partial charge in [0.1, 0.15) is 0 Å². The fraction of sp³-hybridized carbons (Fsp3) is 0.769. The average molecular weight is 335 g/mol. The SMILES string of the molecule is C=C(CC(C)(C)C)N1CCCC1C(=O)CI. The number of Topliss-reactive ketones (excluding diaryl/α,β-unsaturated/α-hetero) is 1. The number of carbonyl (C=O) groups excluding carboxylic acids is 1. The number of rotatable bonds is 4. The highest BCUT2D eigenvalue weighted by Crippen LogP contribution is 2.30. The van der Waals surface area contributed by atoms with Crippen LogP contribution in [0.25, 0.3) is 0 Å². The molecule has 0 aliphatic carbocycles. The Balaban J connectivity index is 2.65. The third kappa shape index (κ3) is 3.75. The van der Waals surface area contributed by atoms with Gasteiger partial charge in [-0.25, -0.2) is 0 Å². The Hall–Kier alpha value is -0.0600. The molecule has 1 atom stereocenters. The number of hydrogen-bond acceptors (Lipinski definition) is 2. The second kappa shape index (κ2) is 5.52. The van der Waals surface area contributed by atoms with Crippen LogP contribution < -0.4 is 0 Å². The molecule has 1 aliphatic rings. The smallest absolute Gasteiger partial charge is 0.164 e. The fourth-order valence-corrected chi connectivity index (χ4v) is 2.79. The second-order valence-corrected chi connectivity index (χ2v) is 6.52. The minimum atomic E-state index is 0.103. The van der Waals surface area contributed by atoms with Gasteiger partial charge in [0, 0.05) is 12.2 Å². The van der Waals surface area contributed by atoms with Crippen LogP contribution in [-0.4, -0.2) is 27.7 Å². The van der Waals surface area contributed by atoms with Crippen molar-refractivity contribution in [2.45, 2.75) is 46.1 Å². The molecule has 0 aromatic carbocycles. The Morgan fingerprint density at radius 1 is 1.50 bits per heavy atom. The van der Waals surface area contributed by atoms with Gasteiger partial charge in [-0.3, -0.25) is 4.79 Å². The van der Waals surface area contributed by atoms with Crippen LogP contribution in [0.3, 0.4) is 0 Å². The number of halogens is 1. The van der Waals surface area contributed by atoms with E-state index in [0.717, 1.165) is 31.5 Å². The van der Waals surface area contributed by atoms with Gasteiger partial charge in [-0.1, -0.05) is 49.9 Å². The first-order chi connectivity index (χ1) is 7.35. The number of ketones is 1. The van der Waals surface area contributed by atoms with Crippen molar-refractivity contribution < 1.29 is 4.79 Å². The number of carbonyl (C=O) groups is 1. The first-order valence-electron chi connectivity index (χ1n) is 5.88. The Bertz CT molecular complexity index is 280. The lowest BCUT2D eigenvalue weighted by atomic mass is 9.90. The first kappa shape index (κ1) is 14.0. The lowest BCUT2D eigenvalue weighted by Gasteiger charge is -2.31. The fourth-order valence-electron chi connectivity index (χ4n) is 2.28. The van der Waals surface area contributed by atoms with Crippen molar-refractivity contribution >= 4 is 28.4 Å². The van der Waals surface area contributed by atoms with Crippen LogP contribution in [0.4, 0.5) is 0 Å². The van der Waals surface area contributed by atoms with Gasteiger partial charge in [-0.05, 0) is 24.7 Å². The molecule has 1 unspecified atom stereocenters. The molecule has 1 fully saturated rings. The zero-order chi connectivity index (χ0) is 12.3. The van der Waals surface area contributed by atoms with E-state index in [4.69, 9.17) is 0 Å². The van der Waals surface area contributed by atoms with Gasteiger partial charge in [0.05, 0.1) is 10.5 Å². The lowest BCUT2D eigenvalue weighted by Crippen LogP contribution is -2.36. The third-order valence-corrected chi connectivity index (χ3v) is 3.65. The van der Waals surface area contributed by atoms with Crippen molar-refractivity contribution in [3.63, 3.8) is 0 Å². The average Bonchev–Trinajstić information content (AvgIpc) is 2.62. The Morgan fingerprint density at radius 3 is 2.62 bits per heavy atom. The van der Waals surface area contributed by atoms with Gasteiger partial charge in [0.15, 0.2) is 5.78 Å². The highest BCUT2D eigenvalue weighted by Gasteiger charge is 2.31. The van der Waals surface area contributed by atoms with E-state index in [1.165, 1.54) is 0 Å². The molecule has 3 heteroatoms. The van der Waals surface area contributed by atoms with Gasteiger partial charge in [-0.15, -0.1) is 0 Å². The molecule has 0 radical (unpaired) electrons. The first-order valence-corrected chi connectivity index (χ1v) is 7.41. The number of hydrogen-bond donors (Lipinski definition) is 0. The Morgan fingerprint density at radius 2 is 2.12 bits per heavy atom. The lowest BCUT2D eigenvalue weighted by molar-refractivity contribution is -0.120. The predicted octanol–water partition coefficient (Wildman–Crippen LogP) is 3.40. The molecule has 0 N–H and O–H groups in total. The monoisotopic (exact) mass is 335 g/mol. The van der Waals surface area contributed by atoms with Crippen molar-refractivity contribution in [2.75, 3.05) is 11.0 Å². The molecule has 1 rings (SSSR count). The van der Waals surface area contributed by atoms with Crippen LogP contribution in [0.15, 0.2) is 12.3 Å². The van der Waals surface area contributed by atoms with E-state index in [9.17, 15) is 4.79 Å². The summed E-state index contributed by atoms with van der Waals surface area (Å²) in [5, 5.41) is 0. The molecule has 0 aromatic heterocycles. The number of alkyl halides is 1. The van der Waals surface area contributed by atoms with Crippen LogP contribution in [0.2, 0.25) is 0 Å². The van der Waals surface area contributed by atoms with E-state index in [1.807, 2.05) is 0 Å². The zero-order valence-corrected chi connectivity index (χ0v) is 12.7. The summed E-state index contributed by atoms with van der Waals surface area (Å²) < 4.78 is 0.613. The molecule has 16 heavy (non-hydrogen) atoms. The van der Waals surface area contributed by atoms with E-state index >= 15 is 0 Å². The molecular weight excluding hydrogens is 313 g/mol. The summed E-state index contributed by atoms with van der Waals surface area (Å²) in [6.45, 7) is 11.8. The highest BCUT2D eigenvalue weighted by atomic mass is 127. The summed E-state index contributed by atoms with van der Waals surface area (Å²) in [6.07, 6.45) is 3.10. The highest BCUT2D eigenvalue weighted by molar-refractivity contribution is 14.1. The number of likely N-dealkylation sites (tertiary alicyclic amines) is 1. The van der Waals surface area contributed by atoms with E-state index in [0.29, 0.717) is 10.2 Å². The standard InChI is InChI=1S/C13H22INO/c1-10(8-13(2,3)4)15-7-5-6-11(15)12(16)9-14/h11H,1,5-9H2,2-4H3. The minimum absolute atomic E-state index is 0.103. The molecule has 0 saturated carbocycles. The molecule has 2 nitrogen and oxygen atoms in total. The molecule has 92 valence electrons. The van der Waals surface area contributed by atoms with Crippen LogP contribution in [0, 0.1) is 5.41 Å².